The van der Waals surface area contributed by atoms with Crippen molar-refractivity contribution in [2.75, 3.05) is 12.9 Å². The topological polar surface area (TPSA) is 60.7 Å². The summed E-state index contributed by atoms with van der Waals surface area (Å²) >= 11 is 5.23. The zero-order valence-electron chi connectivity index (χ0n) is 20.2. The average Bonchev–Trinajstić information content (AvgIpc) is 3.22. The maximum absolute atomic E-state index is 13.9. The first kappa shape index (κ1) is 25.7. The normalized spacial score (nSPS) is 15.3. The summed E-state index contributed by atoms with van der Waals surface area (Å²) in [6, 6.07) is 24.9. The van der Waals surface area contributed by atoms with Crippen molar-refractivity contribution >= 4 is 63.4 Å². The Morgan fingerprint density at radius 1 is 1.11 bits per heavy atom. The molecular weight excluding hydrogens is 615 g/mol. The number of ether oxygens (including phenoxy) is 1. The van der Waals surface area contributed by atoms with Gasteiger partial charge in [0.2, 0.25) is 0 Å². The number of benzene rings is 3. The Balaban J connectivity index is 1.82. The first-order valence-corrected chi connectivity index (χ1v) is 14.8. The fourth-order valence-corrected chi connectivity index (χ4v) is 6.27. The van der Waals surface area contributed by atoms with Crippen LogP contribution in [0.5, 0.6) is 0 Å². The van der Waals surface area contributed by atoms with Crippen LogP contribution in [0.4, 0.5) is 0 Å². The number of halogens is 1. The molecule has 37 heavy (non-hydrogen) atoms. The molecular formula is C29H23IN2O3S2. The third-order valence-electron chi connectivity index (χ3n) is 5.95. The van der Waals surface area contributed by atoms with Gasteiger partial charge in [0.25, 0.3) is 5.56 Å². The molecule has 8 heteroatoms. The van der Waals surface area contributed by atoms with Crippen LogP contribution in [0.3, 0.4) is 0 Å². The molecule has 0 bridgehead atoms. The van der Waals surface area contributed by atoms with Crippen LogP contribution < -0.4 is 14.9 Å². The molecule has 3 aromatic carbocycles. The standard InChI is InChI=1S/C29H23IN2O3S2/c1-3-35-28(34)24-25(19-9-5-4-6-10-19)31-29-32(26(24)20-12-14-22(36-2)15-13-20)27(33)23(37-29)17-18-8-7-11-21(30)16-18/h4-17,26H,3H2,1-2H3/b23-17+/t26-/m1/s1. The molecule has 0 N–H and O–H groups in total. The second-order valence-corrected chi connectivity index (χ2v) is 11.4. The molecule has 1 aliphatic rings. The summed E-state index contributed by atoms with van der Waals surface area (Å²) in [6.07, 6.45) is 3.90. The summed E-state index contributed by atoms with van der Waals surface area (Å²) in [4.78, 5) is 33.9. The number of nitrogens with zero attached hydrogens (tertiary/aromatic N) is 2. The predicted molar refractivity (Wildman–Crippen MR) is 158 cm³/mol. The number of rotatable bonds is 6. The number of thioether (sulfide) groups is 1. The van der Waals surface area contributed by atoms with E-state index in [4.69, 9.17) is 9.73 Å². The Hall–Kier alpha value is -2.95. The van der Waals surface area contributed by atoms with Crippen LogP contribution in [0, 0.1) is 3.57 Å². The van der Waals surface area contributed by atoms with Crippen molar-refractivity contribution in [3.8, 4) is 0 Å². The van der Waals surface area contributed by atoms with Gasteiger partial charge in [-0.2, -0.15) is 0 Å². The highest BCUT2D eigenvalue weighted by Crippen LogP contribution is 2.35. The zero-order valence-corrected chi connectivity index (χ0v) is 24.0. The van der Waals surface area contributed by atoms with E-state index in [1.54, 1.807) is 23.3 Å². The Morgan fingerprint density at radius 2 is 1.86 bits per heavy atom. The highest BCUT2D eigenvalue weighted by molar-refractivity contribution is 14.1. The van der Waals surface area contributed by atoms with E-state index in [1.807, 2.05) is 91.2 Å². The van der Waals surface area contributed by atoms with Crippen LogP contribution in [0.15, 0.2) is 99.1 Å². The molecule has 186 valence electrons. The lowest BCUT2D eigenvalue weighted by Gasteiger charge is -2.26. The van der Waals surface area contributed by atoms with Gasteiger partial charge in [-0.3, -0.25) is 9.36 Å². The summed E-state index contributed by atoms with van der Waals surface area (Å²) in [7, 11) is 0. The first-order chi connectivity index (χ1) is 18.0. The highest BCUT2D eigenvalue weighted by atomic mass is 127. The van der Waals surface area contributed by atoms with E-state index in [9.17, 15) is 9.59 Å². The van der Waals surface area contributed by atoms with Crippen LogP contribution in [0.2, 0.25) is 0 Å². The highest BCUT2D eigenvalue weighted by Gasteiger charge is 2.35. The monoisotopic (exact) mass is 638 g/mol. The molecule has 0 radical (unpaired) electrons. The molecule has 5 nitrogen and oxygen atoms in total. The molecule has 1 aromatic heterocycles. The molecule has 5 rings (SSSR count). The van der Waals surface area contributed by atoms with Crippen LogP contribution in [0.1, 0.15) is 29.7 Å². The van der Waals surface area contributed by atoms with E-state index in [1.165, 1.54) is 11.3 Å². The fraction of sp³-hybridized carbons (Fsp3) is 0.138. The van der Waals surface area contributed by atoms with Gasteiger partial charge in [-0.05, 0) is 77.2 Å². The number of thiazole rings is 1. The van der Waals surface area contributed by atoms with E-state index >= 15 is 0 Å². The van der Waals surface area contributed by atoms with Gasteiger partial charge in [-0.1, -0.05) is 65.9 Å². The van der Waals surface area contributed by atoms with Crippen LogP contribution in [-0.2, 0) is 9.53 Å². The smallest absolute Gasteiger partial charge is 0.338 e. The Labute approximate surface area is 236 Å². The minimum absolute atomic E-state index is 0.185. The maximum Gasteiger partial charge on any atom is 0.338 e. The molecule has 2 heterocycles. The molecule has 0 saturated heterocycles. The number of hydrogen-bond acceptors (Lipinski definition) is 6. The Bertz CT molecular complexity index is 1670. The lowest BCUT2D eigenvalue weighted by molar-refractivity contribution is -0.138. The van der Waals surface area contributed by atoms with Gasteiger partial charge in [0.1, 0.15) is 0 Å². The van der Waals surface area contributed by atoms with Crippen molar-refractivity contribution in [1.82, 2.24) is 4.57 Å². The van der Waals surface area contributed by atoms with E-state index in [0.717, 1.165) is 25.2 Å². The molecule has 0 spiro atoms. The Kier molecular flexibility index (Phi) is 7.78. The Morgan fingerprint density at radius 3 is 2.54 bits per heavy atom. The predicted octanol–water partition coefficient (Wildman–Crippen LogP) is 5.26. The molecule has 0 fully saturated rings. The molecule has 0 unspecified atom stereocenters. The van der Waals surface area contributed by atoms with Crippen molar-refractivity contribution < 1.29 is 9.53 Å². The summed E-state index contributed by atoms with van der Waals surface area (Å²) in [6.45, 7) is 2.00. The van der Waals surface area contributed by atoms with Crippen LogP contribution in [-0.4, -0.2) is 23.4 Å². The number of carbonyl (C=O) groups is 1. The van der Waals surface area contributed by atoms with Crippen LogP contribution in [0.25, 0.3) is 11.8 Å². The maximum atomic E-state index is 13.9. The first-order valence-electron chi connectivity index (χ1n) is 11.7. The number of esters is 1. The molecule has 0 amide bonds. The number of carbonyl (C=O) groups excluding carboxylic acids is 1. The summed E-state index contributed by atoms with van der Waals surface area (Å²) in [5.74, 6) is -0.476. The van der Waals surface area contributed by atoms with E-state index < -0.39 is 12.0 Å². The summed E-state index contributed by atoms with van der Waals surface area (Å²) < 4.78 is 8.80. The van der Waals surface area contributed by atoms with E-state index in [0.29, 0.717) is 20.6 Å². The molecule has 0 saturated carbocycles. The van der Waals surface area contributed by atoms with Gasteiger partial charge in [0.15, 0.2) is 4.80 Å². The second kappa shape index (κ2) is 11.2. The zero-order chi connectivity index (χ0) is 25.9. The summed E-state index contributed by atoms with van der Waals surface area (Å²) in [5.41, 5.74) is 3.26. The van der Waals surface area contributed by atoms with Gasteiger partial charge in [-0.15, -0.1) is 11.8 Å². The summed E-state index contributed by atoms with van der Waals surface area (Å²) in [5, 5.41) is 0. The van der Waals surface area contributed by atoms with Crippen molar-refractivity contribution in [2.45, 2.75) is 17.9 Å². The molecule has 4 aromatic rings. The van der Waals surface area contributed by atoms with Crippen molar-refractivity contribution in [1.29, 1.82) is 0 Å². The lowest BCUT2D eigenvalue weighted by Crippen LogP contribution is -2.40. The average molecular weight is 639 g/mol. The number of hydrogen-bond donors (Lipinski definition) is 0. The molecule has 1 aliphatic heterocycles. The van der Waals surface area contributed by atoms with Crippen molar-refractivity contribution in [3.05, 3.63) is 124 Å². The minimum atomic E-state index is -0.667. The SMILES string of the molecule is CCOC(=O)C1=C(c2ccccc2)N=c2s/c(=C/c3cccc(I)c3)c(=O)n2[C@@H]1c1ccc(SC)cc1. The van der Waals surface area contributed by atoms with Gasteiger partial charge in [0.05, 0.1) is 28.5 Å². The largest absolute Gasteiger partial charge is 0.463 e. The second-order valence-electron chi connectivity index (χ2n) is 8.26. The van der Waals surface area contributed by atoms with Gasteiger partial charge >= 0.3 is 5.97 Å². The number of aromatic nitrogens is 1. The van der Waals surface area contributed by atoms with Crippen molar-refractivity contribution in [3.63, 3.8) is 0 Å². The third-order valence-corrected chi connectivity index (χ3v) is 8.35. The fourth-order valence-electron chi connectivity index (χ4n) is 4.29. The molecule has 0 aliphatic carbocycles. The van der Waals surface area contributed by atoms with E-state index in [-0.39, 0.29) is 12.2 Å². The molecule has 1 atom stereocenters. The van der Waals surface area contributed by atoms with Crippen LogP contribution >= 0.6 is 45.7 Å². The minimum Gasteiger partial charge on any atom is -0.463 e. The van der Waals surface area contributed by atoms with Gasteiger partial charge in [-0.25, -0.2) is 9.79 Å². The van der Waals surface area contributed by atoms with E-state index in [2.05, 4.69) is 22.6 Å². The van der Waals surface area contributed by atoms with Gasteiger partial charge < -0.3 is 4.74 Å². The van der Waals surface area contributed by atoms with Crippen molar-refractivity contribution in [2.24, 2.45) is 4.99 Å². The lowest BCUT2D eigenvalue weighted by atomic mass is 9.93. The third kappa shape index (κ3) is 5.23. The number of fused-ring (bicyclic) bond motifs is 1. The van der Waals surface area contributed by atoms with Gasteiger partial charge in [0, 0.05) is 14.0 Å². The quantitative estimate of drug-likeness (QED) is 0.164.